The standard InChI is InChI=1S/C24H23N5O5/c1-4-19-18(11-25-24-26-13-27-29(19)24)23(31)34-12-20(30)17-9-14(2)28(15(17)3)16-5-6-21-22(10-16)33-8-7-32-21/h5-6,9-11,13H,4,7-8,12H2,1-3H3. The van der Waals surface area contributed by atoms with Crippen molar-refractivity contribution in [1.29, 1.82) is 0 Å². The zero-order valence-corrected chi connectivity index (χ0v) is 19.1. The molecule has 1 aliphatic heterocycles. The van der Waals surface area contributed by atoms with Gasteiger partial charge >= 0.3 is 5.97 Å². The Balaban J connectivity index is 1.36. The number of ketones is 1. The van der Waals surface area contributed by atoms with Crippen LogP contribution >= 0.6 is 0 Å². The van der Waals surface area contributed by atoms with E-state index in [9.17, 15) is 9.59 Å². The zero-order chi connectivity index (χ0) is 23.8. The summed E-state index contributed by atoms with van der Waals surface area (Å²) in [7, 11) is 0. The first-order valence-electron chi connectivity index (χ1n) is 10.9. The minimum atomic E-state index is -0.629. The highest BCUT2D eigenvalue weighted by atomic mass is 16.6. The van der Waals surface area contributed by atoms with Crippen LogP contribution in [0.5, 0.6) is 11.5 Å². The van der Waals surface area contributed by atoms with E-state index >= 15 is 0 Å². The first-order valence-corrected chi connectivity index (χ1v) is 10.9. The van der Waals surface area contributed by atoms with Crippen molar-refractivity contribution in [3.8, 4) is 17.2 Å². The molecule has 0 saturated carbocycles. The van der Waals surface area contributed by atoms with E-state index in [4.69, 9.17) is 14.2 Å². The molecule has 4 heterocycles. The summed E-state index contributed by atoms with van der Waals surface area (Å²) < 4.78 is 20.1. The third-order valence-electron chi connectivity index (χ3n) is 5.81. The number of fused-ring (bicyclic) bond motifs is 2. The number of ether oxygens (including phenoxy) is 3. The fourth-order valence-corrected chi connectivity index (χ4v) is 4.24. The van der Waals surface area contributed by atoms with Gasteiger partial charge in [-0.3, -0.25) is 4.79 Å². The number of nitrogens with zero attached hydrogens (tertiary/aromatic N) is 5. The molecule has 0 bridgehead atoms. The highest BCUT2D eigenvalue weighted by Crippen LogP contribution is 2.33. The van der Waals surface area contributed by atoms with Gasteiger partial charge in [0.05, 0.1) is 11.3 Å². The Morgan fingerprint density at radius 1 is 1.06 bits per heavy atom. The average Bonchev–Trinajstić information content (AvgIpc) is 3.45. The molecule has 4 aromatic rings. The van der Waals surface area contributed by atoms with Crippen LogP contribution in [0.15, 0.2) is 36.8 Å². The van der Waals surface area contributed by atoms with E-state index in [0.29, 0.717) is 48.2 Å². The Bertz CT molecular complexity index is 1420. The molecule has 10 nitrogen and oxygen atoms in total. The van der Waals surface area contributed by atoms with Gasteiger partial charge in [-0.15, -0.1) is 0 Å². The van der Waals surface area contributed by atoms with Gasteiger partial charge in [0.15, 0.2) is 18.1 Å². The normalized spacial score (nSPS) is 12.7. The molecule has 0 amide bonds. The zero-order valence-electron chi connectivity index (χ0n) is 19.1. The van der Waals surface area contributed by atoms with Gasteiger partial charge in [-0.25, -0.2) is 14.3 Å². The first kappa shape index (κ1) is 21.6. The molecule has 0 fully saturated rings. The molecule has 0 aliphatic carbocycles. The number of carbonyl (C=O) groups excluding carboxylic acids is 2. The van der Waals surface area contributed by atoms with Crippen molar-refractivity contribution in [3.05, 3.63) is 65.0 Å². The van der Waals surface area contributed by atoms with E-state index < -0.39 is 5.97 Å². The van der Waals surface area contributed by atoms with E-state index in [1.54, 1.807) is 6.07 Å². The van der Waals surface area contributed by atoms with Crippen molar-refractivity contribution in [2.24, 2.45) is 0 Å². The lowest BCUT2D eigenvalue weighted by molar-refractivity contribution is 0.0472. The molecule has 0 spiro atoms. The maximum absolute atomic E-state index is 13.0. The van der Waals surface area contributed by atoms with Crippen molar-refractivity contribution >= 4 is 17.5 Å². The van der Waals surface area contributed by atoms with Gasteiger partial charge in [-0.05, 0) is 38.5 Å². The number of rotatable bonds is 6. The topological polar surface area (TPSA) is 110 Å². The molecule has 0 N–H and O–H groups in total. The molecule has 0 radical (unpaired) electrons. The van der Waals surface area contributed by atoms with Crippen LogP contribution in [0.3, 0.4) is 0 Å². The van der Waals surface area contributed by atoms with E-state index in [1.165, 1.54) is 17.0 Å². The number of hydrogen-bond donors (Lipinski definition) is 0. The smallest absolute Gasteiger partial charge is 0.342 e. The van der Waals surface area contributed by atoms with E-state index in [1.807, 2.05) is 43.5 Å². The lowest BCUT2D eigenvalue weighted by Crippen LogP contribution is -2.18. The second-order valence-electron chi connectivity index (χ2n) is 7.89. The van der Waals surface area contributed by atoms with Gasteiger partial charge in [0.2, 0.25) is 5.78 Å². The highest BCUT2D eigenvalue weighted by Gasteiger charge is 2.22. The van der Waals surface area contributed by atoms with E-state index in [-0.39, 0.29) is 18.0 Å². The van der Waals surface area contributed by atoms with Crippen molar-refractivity contribution in [3.63, 3.8) is 0 Å². The third-order valence-corrected chi connectivity index (χ3v) is 5.81. The molecule has 174 valence electrons. The summed E-state index contributed by atoms with van der Waals surface area (Å²) in [5, 5.41) is 4.10. The van der Waals surface area contributed by atoms with Crippen LogP contribution in [0.1, 0.15) is 44.7 Å². The second kappa shape index (κ2) is 8.62. The largest absolute Gasteiger partial charge is 0.486 e. The number of esters is 1. The van der Waals surface area contributed by atoms with Crippen LogP contribution in [-0.4, -0.2) is 55.7 Å². The summed E-state index contributed by atoms with van der Waals surface area (Å²) in [6, 6.07) is 7.46. The second-order valence-corrected chi connectivity index (χ2v) is 7.89. The summed E-state index contributed by atoms with van der Waals surface area (Å²) >= 11 is 0. The molecular formula is C24H23N5O5. The van der Waals surface area contributed by atoms with Gasteiger partial charge in [0, 0.05) is 34.9 Å². The number of carbonyl (C=O) groups is 2. The fraction of sp³-hybridized carbons (Fsp3) is 0.292. The van der Waals surface area contributed by atoms with Crippen LogP contribution in [0, 0.1) is 13.8 Å². The summed E-state index contributed by atoms with van der Waals surface area (Å²) in [6.45, 7) is 6.30. The fourth-order valence-electron chi connectivity index (χ4n) is 4.24. The minimum Gasteiger partial charge on any atom is -0.486 e. The van der Waals surface area contributed by atoms with E-state index in [0.717, 1.165) is 17.1 Å². The highest BCUT2D eigenvalue weighted by molar-refractivity contribution is 6.00. The van der Waals surface area contributed by atoms with Crippen LogP contribution in [0.2, 0.25) is 0 Å². The number of benzene rings is 1. The monoisotopic (exact) mass is 461 g/mol. The molecular weight excluding hydrogens is 438 g/mol. The Labute approximate surface area is 195 Å². The quantitative estimate of drug-likeness (QED) is 0.318. The van der Waals surface area contributed by atoms with Crippen molar-refractivity contribution in [1.82, 2.24) is 24.1 Å². The lowest BCUT2D eigenvalue weighted by atomic mass is 10.1. The molecule has 0 unspecified atom stereocenters. The molecule has 3 aromatic heterocycles. The lowest BCUT2D eigenvalue weighted by Gasteiger charge is -2.20. The summed E-state index contributed by atoms with van der Waals surface area (Å²) in [5.74, 6) is 0.846. The van der Waals surface area contributed by atoms with E-state index in [2.05, 4.69) is 15.1 Å². The number of hydrogen-bond acceptors (Lipinski definition) is 8. The minimum absolute atomic E-state index is 0.259. The maximum Gasteiger partial charge on any atom is 0.342 e. The average molecular weight is 461 g/mol. The van der Waals surface area contributed by atoms with Crippen molar-refractivity contribution < 1.29 is 23.8 Å². The molecule has 0 atom stereocenters. The van der Waals surface area contributed by atoms with Crippen LogP contribution in [0.25, 0.3) is 11.5 Å². The van der Waals surface area contributed by atoms with Gasteiger partial charge in [0.25, 0.3) is 5.78 Å². The Morgan fingerprint density at radius 2 is 1.85 bits per heavy atom. The van der Waals surface area contributed by atoms with Gasteiger partial charge in [0.1, 0.15) is 19.5 Å². The summed E-state index contributed by atoms with van der Waals surface area (Å²) in [6.07, 6.45) is 3.30. The number of Topliss-reactive ketones (excluding diaryl/α,β-unsaturated/α-hetero) is 1. The molecule has 34 heavy (non-hydrogen) atoms. The summed E-state index contributed by atoms with van der Waals surface area (Å²) in [5.41, 5.74) is 3.84. The number of aromatic nitrogens is 5. The first-order chi connectivity index (χ1) is 16.5. The Kier molecular flexibility index (Phi) is 5.48. The SMILES string of the molecule is CCc1c(C(=O)OCC(=O)c2cc(C)n(-c3ccc4c(c3)OCCO4)c2C)cnc2ncnn12. The number of aryl methyl sites for hydroxylation is 2. The van der Waals surface area contributed by atoms with Gasteiger partial charge in [-0.1, -0.05) is 6.92 Å². The molecule has 1 aromatic carbocycles. The summed E-state index contributed by atoms with van der Waals surface area (Å²) in [4.78, 5) is 33.9. The molecule has 10 heteroatoms. The Morgan fingerprint density at radius 3 is 2.65 bits per heavy atom. The predicted octanol–water partition coefficient (Wildman–Crippen LogP) is 2.91. The van der Waals surface area contributed by atoms with Crippen molar-refractivity contribution in [2.45, 2.75) is 27.2 Å². The van der Waals surface area contributed by atoms with Crippen LogP contribution in [0.4, 0.5) is 0 Å². The third kappa shape index (κ3) is 3.66. The van der Waals surface area contributed by atoms with Gasteiger partial charge < -0.3 is 18.8 Å². The van der Waals surface area contributed by atoms with Crippen LogP contribution in [-0.2, 0) is 11.2 Å². The maximum atomic E-state index is 13.0. The molecule has 5 rings (SSSR count). The molecule has 0 saturated heterocycles. The van der Waals surface area contributed by atoms with Gasteiger partial charge in [-0.2, -0.15) is 10.1 Å². The predicted molar refractivity (Wildman–Crippen MR) is 121 cm³/mol. The molecule has 1 aliphatic rings. The Hall–Kier alpha value is -4.21. The van der Waals surface area contributed by atoms with Crippen molar-refractivity contribution in [2.75, 3.05) is 19.8 Å². The van der Waals surface area contributed by atoms with Crippen LogP contribution < -0.4 is 9.47 Å².